The minimum atomic E-state index is 1.14. The lowest BCUT2D eigenvalue weighted by molar-refractivity contribution is 1.10. The largest absolute Gasteiger partial charge is 0.309 e. The molecule has 0 saturated carbocycles. The summed E-state index contributed by atoms with van der Waals surface area (Å²) in [5, 5.41) is 3.72. The van der Waals surface area contributed by atoms with Gasteiger partial charge in [-0.1, -0.05) is 87.2 Å². The fourth-order valence-corrected chi connectivity index (χ4v) is 5.04. The molecule has 0 bridgehead atoms. The summed E-state index contributed by atoms with van der Waals surface area (Å²) in [6.45, 7) is 10.2. The SMILES string of the molecule is C=Cc1c(/C=C\C)n(-c2ccccc2)c2cc3c(cc12)c1ccccc1n3-c1ccccc1.CC. The number of benzene rings is 4. The zero-order valence-electron chi connectivity index (χ0n) is 20.6. The van der Waals surface area contributed by atoms with Crippen LogP contribution in [0, 0.1) is 0 Å². The molecule has 0 saturated heterocycles. The van der Waals surface area contributed by atoms with Gasteiger partial charge in [-0.15, -0.1) is 0 Å². The molecule has 0 N–H and O–H groups in total. The van der Waals surface area contributed by atoms with Gasteiger partial charge in [-0.25, -0.2) is 0 Å². The number of hydrogen-bond acceptors (Lipinski definition) is 0. The monoisotopic (exact) mass is 454 g/mol. The third-order valence-corrected chi connectivity index (χ3v) is 6.40. The molecule has 6 aromatic rings. The first-order chi connectivity index (χ1) is 17.3. The fraction of sp³-hybridized carbons (Fsp3) is 0.0909. The summed E-state index contributed by atoms with van der Waals surface area (Å²) < 4.78 is 4.72. The average molecular weight is 455 g/mol. The van der Waals surface area contributed by atoms with Crippen molar-refractivity contribution in [2.45, 2.75) is 20.8 Å². The molecule has 2 nitrogen and oxygen atoms in total. The predicted molar refractivity (Wildman–Crippen MR) is 154 cm³/mol. The molecule has 0 fully saturated rings. The van der Waals surface area contributed by atoms with Gasteiger partial charge < -0.3 is 9.13 Å². The number of rotatable bonds is 4. The lowest BCUT2D eigenvalue weighted by Crippen LogP contribution is -1.97. The van der Waals surface area contributed by atoms with E-state index in [2.05, 4.69) is 132 Å². The molecule has 0 spiro atoms. The van der Waals surface area contributed by atoms with Crippen LogP contribution in [0.25, 0.3) is 56.2 Å². The quantitative estimate of drug-likeness (QED) is 0.251. The lowest BCUT2D eigenvalue weighted by Gasteiger charge is -2.10. The molecule has 0 atom stereocenters. The summed E-state index contributed by atoms with van der Waals surface area (Å²) in [5.74, 6) is 0. The molecular formula is C33H30N2. The third-order valence-electron chi connectivity index (χ3n) is 6.40. The maximum atomic E-state index is 4.17. The van der Waals surface area contributed by atoms with E-state index < -0.39 is 0 Å². The maximum Gasteiger partial charge on any atom is 0.0562 e. The smallest absolute Gasteiger partial charge is 0.0562 e. The molecule has 0 amide bonds. The summed E-state index contributed by atoms with van der Waals surface area (Å²) in [6.07, 6.45) is 6.26. The molecule has 0 radical (unpaired) electrons. The van der Waals surface area contributed by atoms with E-state index in [0.717, 1.165) is 16.9 Å². The lowest BCUT2D eigenvalue weighted by atomic mass is 10.1. The molecular weight excluding hydrogens is 424 g/mol. The van der Waals surface area contributed by atoms with E-state index in [1.165, 1.54) is 38.4 Å². The molecule has 35 heavy (non-hydrogen) atoms. The van der Waals surface area contributed by atoms with Crippen LogP contribution >= 0.6 is 0 Å². The summed E-state index contributed by atoms with van der Waals surface area (Å²) >= 11 is 0. The molecule has 2 heterocycles. The second-order valence-corrected chi connectivity index (χ2v) is 8.25. The molecule has 0 aliphatic carbocycles. The van der Waals surface area contributed by atoms with Gasteiger partial charge in [0.25, 0.3) is 0 Å². The molecule has 6 rings (SSSR count). The van der Waals surface area contributed by atoms with Crippen molar-refractivity contribution in [3.8, 4) is 11.4 Å². The van der Waals surface area contributed by atoms with Crippen molar-refractivity contribution in [3.05, 3.63) is 121 Å². The van der Waals surface area contributed by atoms with Crippen LogP contribution in [0.1, 0.15) is 32.0 Å². The van der Waals surface area contributed by atoms with E-state index in [1.807, 2.05) is 19.9 Å². The summed E-state index contributed by atoms with van der Waals surface area (Å²) in [7, 11) is 0. The number of aromatic nitrogens is 2. The predicted octanol–water partition coefficient (Wildman–Crippen LogP) is 9.43. The highest BCUT2D eigenvalue weighted by Crippen LogP contribution is 2.39. The number of hydrogen-bond donors (Lipinski definition) is 0. The van der Waals surface area contributed by atoms with Gasteiger partial charge in [-0.05, 0) is 55.5 Å². The highest BCUT2D eigenvalue weighted by atomic mass is 15.0. The molecule has 2 heteroatoms. The first-order valence-corrected chi connectivity index (χ1v) is 12.3. The Bertz CT molecular complexity index is 1660. The number of nitrogens with zero attached hydrogens (tertiary/aromatic N) is 2. The highest BCUT2D eigenvalue weighted by molar-refractivity contribution is 6.15. The Morgan fingerprint density at radius 2 is 1.17 bits per heavy atom. The Morgan fingerprint density at radius 1 is 0.600 bits per heavy atom. The van der Waals surface area contributed by atoms with Crippen LogP contribution in [0.3, 0.4) is 0 Å². The van der Waals surface area contributed by atoms with Crippen LogP contribution in [0.15, 0.2) is 110 Å². The first-order valence-electron chi connectivity index (χ1n) is 12.3. The van der Waals surface area contributed by atoms with E-state index in [9.17, 15) is 0 Å². The van der Waals surface area contributed by atoms with E-state index in [4.69, 9.17) is 0 Å². The van der Waals surface area contributed by atoms with Crippen molar-refractivity contribution in [1.29, 1.82) is 0 Å². The standard InChI is InChI=1S/C31H24N2.C2H6/c1-3-13-28-24(4-2)26-20-27-25-18-11-12-19-29(25)33(23-16-9-6-10-17-23)31(27)21-30(26)32(28)22-14-7-5-8-15-22;1-2/h3-21H,2H2,1H3;1-2H3/b13-3-;. The molecule has 2 aromatic heterocycles. The van der Waals surface area contributed by atoms with Crippen molar-refractivity contribution >= 4 is 44.9 Å². The molecule has 0 unspecified atom stereocenters. The van der Waals surface area contributed by atoms with Crippen molar-refractivity contribution < 1.29 is 0 Å². The van der Waals surface area contributed by atoms with E-state index in [1.54, 1.807) is 0 Å². The molecule has 0 aliphatic rings. The third kappa shape index (κ3) is 3.59. The maximum absolute atomic E-state index is 4.17. The molecule has 4 aromatic carbocycles. The van der Waals surface area contributed by atoms with Gasteiger partial charge >= 0.3 is 0 Å². The van der Waals surface area contributed by atoms with Crippen molar-refractivity contribution in [2.75, 3.05) is 0 Å². The Labute approximate surface area is 207 Å². The van der Waals surface area contributed by atoms with Gasteiger partial charge in [0.15, 0.2) is 0 Å². The zero-order chi connectivity index (χ0) is 24.4. The van der Waals surface area contributed by atoms with Gasteiger partial charge in [-0.2, -0.15) is 0 Å². The second kappa shape index (κ2) is 9.52. The van der Waals surface area contributed by atoms with Crippen LogP contribution in [0.5, 0.6) is 0 Å². The number of fused-ring (bicyclic) bond motifs is 4. The topological polar surface area (TPSA) is 9.86 Å². The highest BCUT2D eigenvalue weighted by Gasteiger charge is 2.19. The second-order valence-electron chi connectivity index (χ2n) is 8.25. The number of para-hydroxylation sites is 3. The molecule has 0 aliphatic heterocycles. The van der Waals surface area contributed by atoms with Crippen molar-refractivity contribution in [3.63, 3.8) is 0 Å². The van der Waals surface area contributed by atoms with E-state index in [-0.39, 0.29) is 0 Å². The van der Waals surface area contributed by atoms with Crippen LogP contribution < -0.4 is 0 Å². The Hall–Kier alpha value is -4.30. The van der Waals surface area contributed by atoms with Crippen LogP contribution in [0.2, 0.25) is 0 Å². The fourth-order valence-electron chi connectivity index (χ4n) is 5.04. The van der Waals surface area contributed by atoms with Gasteiger partial charge in [0.2, 0.25) is 0 Å². The first kappa shape index (κ1) is 22.5. The summed E-state index contributed by atoms with van der Waals surface area (Å²) in [5.41, 5.74) is 8.21. The summed E-state index contributed by atoms with van der Waals surface area (Å²) in [4.78, 5) is 0. The minimum absolute atomic E-state index is 1.14. The zero-order valence-corrected chi connectivity index (χ0v) is 20.6. The van der Waals surface area contributed by atoms with Crippen LogP contribution in [-0.2, 0) is 0 Å². The van der Waals surface area contributed by atoms with Gasteiger partial charge in [0, 0.05) is 33.1 Å². The number of allylic oxidation sites excluding steroid dienone is 1. The van der Waals surface area contributed by atoms with E-state index in [0.29, 0.717) is 0 Å². The van der Waals surface area contributed by atoms with E-state index >= 15 is 0 Å². The Morgan fingerprint density at radius 3 is 1.80 bits per heavy atom. The Kier molecular flexibility index (Phi) is 6.12. The Balaban J connectivity index is 0.00000124. The van der Waals surface area contributed by atoms with Crippen molar-refractivity contribution in [2.24, 2.45) is 0 Å². The van der Waals surface area contributed by atoms with Crippen LogP contribution in [-0.4, -0.2) is 9.13 Å². The average Bonchev–Trinajstić information content (AvgIpc) is 3.41. The molecule has 172 valence electrons. The normalized spacial score (nSPS) is 11.3. The van der Waals surface area contributed by atoms with Gasteiger partial charge in [0.05, 0.1) is 22.2 Å². The van der Waals surface area contributed by atoms with Gasteiger partial charge in [-0.3, -0.25) is 0 Å². The summed E-state index contributed by atoms with van der Waals surface area (Å²) in [6, 6.07) is 34.5. The van der Waals surface area contributed by atoms with Gasteiger partial charge in [0.1, 0.15) is 0 Å². The minimum Gasteiger partial charge on any atom is -0.309 e. The van der Waals surface area contributed by atoms with Crippen molar-refractivity contribution in [1.82, 2.24) is 9.13 Å². The van der Waals surface area contributed by atoms with Crippen LogP contribution in [0.4, 0.5) is 0 Å².